The standard InChI is InChI=1S/C22H33NO3S2/c1-7-15-23(16-14-22(5,26-6)20-9-8-17-27-20)28(24,25)19-12-10-18(11-13-19)21(2,3)4/h8-13,17H,7,14-16H2,1-6H3. The molecule has 2 rings (SSSR count). The molecule has 0 spiro atoms. The lowest BCUT2D eigenvalue weighted by Crippen LogP contribution is -2.37. The average molecular weight is 424 g/mol. The fourth-order valence-electron chi connectivity index (χ4n) is 3.12. The summed E-state index contributed by atoms with van der Waals surface area (Å²) in [5.41, 5.74) is 0.621. The van der Waals surface area contributed by atoms with Crippen molar-refractivity contribution in [2.24, 2.45) is 0 Å². The zero-order valence-corrected chi connectivity index (χ0v) is 19.5. The van der Waals surface area contributed by atoms with Crippen molar-refractivity contribution in [1.29, 1.82) is 0 Å². The fraction of sp³-hybridized carbons (Fsp3) is 0.545. The van der Waals surface area contributed by atoms with E-state index < -0.39 is 15.6 Å². The van der Waals surface area contributed by atoms with Gasteiger partial charge in [0.25, 0.3) is 0 Å². The van der Waals surface area contributed by atoms with Gasteiger partial charge in [-0.25, -0.2) is 8.42 Å². The van der Waals surface area contributed by atoms with Crippen LogP contribution in [0.5, 0.6) is 0 Å². The minimum atomic E-state index is -3.54. The number of rotatable bonds is 9. The second-order valence-corrected chi connectivity index (χ2v) is 11.2. The number of thiophene rings is 1. The van der Waals surface area contributed by atoms with Gasteiger partial charge < -0.3 is 4.74 Å². The third kappa shape index (κ3) is 5.23. The van der Waals surface area contributed by atoms with Crippen LogP contribution >= 0.6 is 11.3 Å². The lowest BCUT2D eigenvalue weighted by atomic mass is 9.87. The van der Waals surface area contributed by atoms with Gasteiger partial charge in [-0.05, 0) is 54.3 Å². The Morgan fingerprint density at radius 1 is 1.04 bits per heavy atom. The second-order valence-electron chi connectivity index (χ2n) is 8.34. The number of methoxy groups -OCH3 is 1. The SMILES string of the molecule is CCCN(CCC(C)(OC)c1cccs1)S(=O)(=O)c1ccc(C(C)(C)C)cc1. The lowest BCUT2D eigenvalue weighted by molar-refractivity contribution is -0.00558. The summed E-state index contributed by atoms with van der Waals surface area (Å²) in [5, 5.41) is 2.02. The van der Waals surface area contributed by atoms with Crippen molar-refractivity contribution in [3.8, 4) is 0 Å². The van der Waals surface area contributed by atoms with E-state index in [9.17, 15) is 8.42 Å². The molecule has 1 heterocycles. The van der Waals surface area contributed by atoms with Gasteiger partial charge in [-0.3, -0.25) is 0 Å². The van der Waals surface area contributed by atoms with Crippen LogP contribution < -0.4 is 0 Å². The maximum absolute atomic E-state index is 13.3. The highest BCUT2D eigenvalue weighted by Crippen LogP contribution is 2.33. The zero-order chi connectivity index (χ0) is 21.0. The van der Waals surface area contributed by atoms with Gasteiger partial charge in [0.05, 0.1) is 4.90 Å². The number of nitrogens with zero attached hydrogens (tertiary/aromatic N) is 1. The summed E-state index contributed by atoms with van der Waals surface area (Å²) in [6.45, 7) is 11.3. The first kappa shape index (κ1) is 23.1. The fourth-order valence-corrected chi connectivity index (χ4v) is 5.55. The van der Waals surface area contributed by atoms with E-state index in [0.717, 1.165) is 16.9 Å². The predicted octanol–water partition coefficient (Wildman–Crippen LogP) is 5.40. The normalized spacial score (nSPS) is 15.0. The van der Waals surface area contributed by atoms with E-state index in [-0.39, 0.29) is 5.41 Å². The lowest BCUT2D eigenvalue weighted by Gasteiger charge is -2.30. The van der Waals surface area contributed by atoms with Crippen LogP contribution in [0.4, 0.5) is 0 Å². The van der Waals surface area contributed by atoms with Gasteiger partial charge in [0.2, 0.25) is 10.0 Å². The molecule has 0 saturated carbocycles. The van der Waals surface area contributed by atoms with E-state index in [2.05, 4.69) is 20.8 Å². The molecule has 1 atom stereocenters. The number of ether oxygens (including phenoxy) is 1. The minimum absolute atomic E-state index is 0.00756. The van der Waals surface area contributed by atoms with Crippen molar-refractivity contribution in [2.75, 3.05) is 20.2 Å². The summed E-state index contributed by atoms with van der Waals surface area (Å²) in [7, 11) is -1.86. The Balaban J connectivity index is 2.24. The third-order valence-corrected chi connectivity index (χ3v) is 8.19. The van der Waals surface area contributed by atoms with Crippen molar-refractivity contribution in [2.45, 2.75) is 63.4 Å². The first-order chi connectivity index (χ1) is 13.0. The number of sulfonamides is 1. The van der Waals surface area contributed by atoms with Crippen molar-refractivity contribution < 1.29 is 13.2 Å². The van der Waals surface area contributed by atoms with E-state index in [1.807, 2.05) is 43.5 Å². The van der Waals surface area contributed by atoms with E-state index in [0.29, 0.717) is 24.4 Å². The van der Waals surface area contributed by atoms with Gasteiger partial charge in [-0.2, -0.15) is 4.31 Å². The summed E-state index contributed by atoms with van der Waals surface area (Å²) in [4.78, 5) is 1.46. The molecule has 0 amide bonds. The van der Waals surface area contributed by atoms with E-state index in [1.54, 1.807) is 34.9 Å². The monoisotopic (exact) mass is 423 g/mol. The molecule has 1 unspecified atom stereocenters. The van der Waals surface area contributed by atoms with Gasteiger partial charge in [0.15, 0.2) is 0 Å². The van der Waals surface area contributed by atoms with Gasteiger partial charge in [-0.1, -0.05) is 45.9 Å². The Morgan fingerprint density at radius 3 is 2.14 bits per heavy atom. The number of benzene rings is 1. The van der Waals surface area contributed by atoms with Crippen LogP contribution in [0.3, 0.4) is 0 Å². The predicted molar refractivity (Wildman–Crippen MR) is 117 cm³/mol. The molecule has 1 aromatic heterocycles. The van der Waals surface area contributed by atoms with E-state index in [4.69, 9.17) is 4.74 Å². The molecule has 0 saturated heterocycles. The molecule has 6 heteroatoms. The summed E-state index contributed by atoms with van der Waals surface area (Å²) in [5.74, 6) is 0. The zero-order valence-electron chi connectivity index (χ0n) is 17.9. The Bertz CT molecular complexity index is 837. The number of hydrogen-bond donors (Lipinski definition) is 0. The molecule has 1 aromatic carbocycles. The van der Waals surface area contributed by atoms with E-state index >= 15 is 0 Å². The molecule has 0 aliphatic rings. The summed E-state index contributed by atoms with van der Waals surface area (Å²) < 4.78 is 33.9. The first-order valence-electron chi connectivity index (χ1n) is 9.74. The number of hydrogen-bond acceptors (Lipinski definition) is 4. The van der Waals surface area contributed by atoms with Gasteiger partial charge >= 0.3 is 0 Å². The van der Waals surface area contributed by atoms with Crippen LogP contribution in [-0.2, 0) is 25.8 Å². The van der Waals surface area contributed by atoms with Crippen LogP contribution in [0, 0.1) is 0 Å². The molecule has 156 valence electrons. The van der Waals surface area contributed by atoms with Crippen LogP contribution in [0.15, 0.2) is 46.7 Å². The highest BCUT2D eigenvalue weighted by Gasteiger charge is 2.31. The smallest absolute Gasteiger partial charge is 0.243 e. The Morgan fingerprint density at radius 2 is 1.68 bits per heavy atom. The maximum Gasteiger partial charge on any atom is 0.243 e. The summed E-state index contributed by atoms with van der Waals surface area (Å²) in [6, 6.07) is 11.3. The van der Waals surface area contributed by atoms with Crippen molar-refractivity contribution >= 4 is 21.4 Å². The van der Waals surface area contributed by atoms with Crippen LogP contribution in [0.1, 0.15) is 57.9 Å². The summed E-state index contributed by atoms with van der Waals surface area (Å²) in [6.07, 6.45) is 1.37. The first-order valence-corrected chi connectivity index (χ1v) is 12.1. The minimum Gasteiger partial charge on any atom is -0.373 e. The molecular formula is C22H33NO3S2. The Hall–Kier alpha value is -1.21. The molecule has 4 nitrogen and oxygen atoms in total. The van der Waals surface area contributed by atoms with Gasteiger partial charge in [0.1, 0.15) is 5.60 Å². The Labute approximate surface area is 174 Å². The summed E-state index contributed by atoms with van der Waals surface area (Å²) >= 11 is 1.63. The molecule has 0 N–H and O–H groups in total. The highest BCUT2D eigenvalue weighted by atomic mass is 32.2. The van der Waals surface area contributed by atoms with Crippen LogP contribution in [0.25, 0.3) is 0 Å². The second kappa shape index (κ2) is 9.08. The average Bonchev–Trinajstić information content (AvgIpc) is 3.19. The third-order valence-electron chi connectivity index (χ3n) is 5.16. The van der Waals surface area contributed by atoms with Gasteiger partial charge in [-0.15, -0.1) is 11.3 Å². The molecule has 0 bridgehead atoms. The Kier molecular flexibility index (Phi) is 7.48. The topological polar surface area (TPSA) is 46.6 Å². The van der Waals surface area contributed by atoms with Crippen LogP contribution in [0.2, 0.25) is 0 Å². The largest absolute Gasteiger partial charge is 0.373 e. The molecule has 2 aromatic rings. The molecule has 0 aliphatic heterocycles. The van der Waals surface area contributed by atoms with Gasteiger partial charge in [0, 0.05) is 25.1 Å². The van der Waals surface area contributed by atoms with E-state index in [1.165, 1.54) is 0 Å². The quantitative estimate of drug-likeness (QED) is 0.543. The maximum atomic E-state index is 13.3. The molecule has 0 fully saturated rings. The van der Waals surface area contributed by atoms with Crippen molar-refractivity contribution in [3.05, 3.63) is 52.2 Å². The highest BCUT2D eigenvalue weighted by molar-refractivity contribution is 7.89. The molecular weight excluding hydrogens is 390 g/mol. The molecule has 28 heavy (non-hydrogen) atoms. The van der Waals surface area contributed by atoms with Crippen molar-refractivity contribution in [1.82, 2.24) is 4.31 Å². The molecule has 0 radical (unpaired) electrons. The van der Waals surface area contributed by atoms with Crippen LogP contribution in [-0.4, -0.2) is 32.9 Å². The van der Waals surface area contributed by atoms with Crippen molar-refractivity contribution in [3.63, 3.8) is 0 Å². The molecule has 0 aliphatic carbocycles.